The van der Waals surface area contributed by atoms with Crippen molar-refractivity contribution in [2.75, 3.05) is 0 Å². The average Bonchev–Trinajstić information content (AvgIpc) is 2.98. The van der Waals surface area contributed by atoms with Crippen LogP contribution in [0.1, 0.15) is 79.1 Å². The van der Waals surface area contributed by atoms with Gasteiger partial charge in [0, 0.05) is 12.8 Å². The lowest BCUT2D eigenvalue weighted by Gasteiger charge is -2.57. The summed E-state index contributed by atoms with van der Waals surface area (Å²) in [4.78, 5) is 22.9. The van der Waals surface area contributed by atoms with Gasteiger partial charge in [-0.1, -0.05) is 32.4 Å². The van der Waals surface area contributed by atoms with Crippen LogP contribution in [-0.4, -0.2) is 18.4 Å². The molecule has 4 aliphatic carbocycles. The largest absolute Gasteiger partial charge is 0.463 e. The Morgan fingerprint density at radius 2 is 1.85 bits per heavy atom. The van der Waals surface area contributed by atoms with Crippen molar-refractivity contribution in [3.8, 4) is 0 Å². The summed E-state index contributed by atoms with van der Waals surface area (Å²) in [5, 5.41) is 0. The third-order valence-corrected chi connectivity index (χ3v) is 9.29. The Balaban J connectivity index is 1.58. The van der Waals surface area contributed by atoms with Crippen LogP contribution in [-0.2, 0) is 14.3 Å². The molecule has 0 amide bonds. The second kappa shape index (κ2) is 6.74. The zero-order valence-electron chi connectivity index (χ0n) is 17.5. The van der Waals surface area contributed by atoms with Crippen molar-refractivity contribution in [3.05, 3.63) is 11.6 Å². The van der Waals surface area contributed by atoms with E-state index >= 15 is 0 Å². The van der Waals surface area contributed by atoms with E-state index in [0.29, 0.717) is 34.5 Å². The Hall–Kier alpha value is -1.12. The molecule has 4 aliphatic rings. The molecular formula is C24H36O3. The number of fused-ring (bicyclic) bond motifs is 5. The topological polar surface area (TPSA) is 43.4 Å². The molecule has 0 heterocycles. The van der Waals surface area contributed by atoms with Gasteiger partial charge in [-0.25, -0.2) is 0 Å². The van der Waals surface area contributed by atoms with Crippen LogP contribution in [0.5, 0.6) is 0 Å². The molecular weight excluding hydrogens is 336 g/mol. The predicted octanol–water partition coefficient (Wildman–Crippen LogP) is 5.33. The highest BCUT2D eigenvalue weighted by Gasteiger charge is 2.58. The Morgan fingerprint density at radius 3 is 2.56 bits per heavy atom. The van der Waals surface area contributed by atoms with Gasteiger partial charge < -0.3 is 9.53 Å². The molecule has 0 N–H and O–H groups in total. The molecule has 0 aromatic carbocycles. The quantitative estimate of drug-likeness (QED) is 0.382. The summed E-state index contributed by atoms with van der Waals surface area (Å²) in [6.07, 6.45) is 13.2. The van der Waals surface area contributed by atoms with Crippen LogP contribution >= 0.6 is 0 Å². The van der Waals surface area contributed by atoms with Gasteiger partial charge in [-0.2, -0.15) is 0 Å². The molecule has 0 aromatic rings. The number of rotatable bonds is 3. The van der Waals surface area contributed by atoms with E-state index in [2.05, 4.69) is 26.8 Å². The van der Waals surface area contributed by atoms with Gasteiger partial charge in [-0.05, 0) is 85.9 Å². The number of hydrogen-bond acceptors (Lipinski definition) is 3. The molecule has 0 radical (unpaired) electrons. The Kier molecular flexibility index (Phi) is 4.79. The van der Waals surface area contributed by atoms with Crippen molar-refractivity contribution in [2.45, 2.75) is 85.2 Å². The number of allylic oxidation sites excluding steroid dienone is 2. The zero-order valence-corrected chi connectivity index (χ0v) is 17.5. The molecule has 0 aliphatic heterocycles. The fourth-order valence-corrected chi connectivity index (χ4v) is 7.81. The van der Waals surface area contributed by atoms with Gasteiger partial charge in [-0.15, -0.1) is 0 Å². The number of aldehydes is 1. The van der Waals surface area contributed by atoms with E-state index in [9.17, 15) is 9.59 Å². The Labute approximate surface area is 164 Å². The SMILES string of the molecule is CC(=O)OC1CCC2(C)C(CC=C3C2CCC2(C)C3CCC2[C@H](C)C=O)C1. The van der Waals surface area contributed by atoms with E-state index in [0.717, 1.165) is 19.3 Å². The van der Waals surface area contributed by atoms with Crippen LogP contribution in [0.2, 0.25) is 0 Å². The highest BCUT2D eigenvalue weighted by atomic mass is 16.5. The maximum absolute atomic E-state index is 11.5. The summed E-state index contributed by atoms with van der Waals surface area (Å²) in [6.45, 7) is 8.65. The van der Waals surface area contributed by atoms with Crippen LogP contribution < -0.4 is 0 Å². The summed E-state index contributed by atoms with van der Waals surface area (Å²) in [6, 6.07) is 0. The summed E-state index contributed by atoms with van der Waals surface area (Å²) in [7, 11) is 0. The summed E-state index contributed by atoms with van der Waals surface area (Å²) < 4.78 is 5.57. The lowest BCUT2D eigenvalue weighted by molar-refractivity contribution is -0.152. The van der Waals surface area contributed by atoms with Crippen molar-refractivity contribution in [2.24, 2.45) is 40.4 Å². The molecule has 3 fully saturated rings. The van der Waals surface area contributed by atoms with E-state index < -0.39 is 0 Å². The smallest absolute Gasteiger partial charge is 0.302 e. The standard InChI is InChI=1S/C24H36O3/c1-15(14-25)20-7-8-21-19-6-5-17-13-18(27-16(2)26)9-11-23(17,3)22(19)10-12-24(20,21)4/h6,14-15,17-18,20-22H,5,7-13H2,1-4H3/t15-,17?,18?,20?,21?,22?,23?,24?/m1/s1. The summed E-state index contributed by atoms with van der Waals surface area (Å²) in [5.74, 6) is 2.60. The van der Waals surface area contributed by atoms with E-state index in [4.69, 9.17) is 4.74 Å². The first-order chi connectivity index (χ1) is 12.8. The second-order valence-electron chi connectivity index (χ2n) is 10.5. The summed E-state index contributed by atoms with van der Waals surface area (Å²) in [5.41, 5.74) is 2.39. The van der Waals surface area contributed by atoms with Gasteiger partial charge in [0.25, 0.3) is 0 Å². The van der Waals surface area contributed by atoms with Crippen LogP contribution in [0.4, 0.5) is 0 Å². The van der Waals surface area contributed by atoms with E-state index in [1.54, 1.807) is 5.57 Å². The van der Waals surface area contributed by atoms with E-state index in [-0.39, 0.29) is 18.0 Å². The molecule has 150 valence electrons. The molecule has 3 heteroatoms. The maximum atomic E-state index is 11.5. The first-order valence-corrected chi connectivity index (χ1v) is 11.1. The second-order valence-corrected chi connectivity index (χ2v) is 10.5. The van der Waals surface area contributed by atoms with Gasteiger partial charge in [0.2, 0.25) is 0 Å². The van der Waals surface area contributed by atoms with Crippen molar-refractivity contribution in [1.82, 2.24) is 0 Å². The Morgan fingerprint density at radius 1 is 1.15 bits per heavy atom. The number of carbonyl (C=O) groups is 2. The lowest BCUT2D eigenvalue weighted by Crippen LogP contribution is -2.50. The highest BCUT2D eigenvalue weighted by molar-refractivity contribution is 5.66. The normalized spacial score (nSPS) is 47.1. The van der Waals surface area contributed by atoms with Gasteiger partial charge in [0.1, 0.15) is 12.4 Å². The monoisotopic (exact) mass is 372 g/mol. The average molecular weight is 373 g/mol. The minimum atomic E-state index is -0.134. The zero-order chi connectivity index (χ0) is 19.4. The van der Waals surface area contributed by atoms with Crippen molar-refractivity contribution < 1.29 is 14.3 Å². The third-order valence-electron chi connectivity index (χ3n) is 9.29. The van der Waals surface area contributed by atoms with Gasteiger partial charge in [0.05, 0.1) is 0 Å². The molecule has 0 spiro atoms. The fraction of sp³-hybridized carbons (Fsp3) is 0.833. The molecule has 7 unspecified atom stereocenters. The van der Waals surface area contributed by atoms with Crippen LogP contribution in [0.15, 0.2) is 11.6 Å². The van der Waals surface area contributed by atoms with E-state index in [1.807, 2.05) is 0 Å². The number of carbonyl (C=O) groups excluding carboxylic acids is 2. The minimum absolute atomic E-state index is 0.119. The summed E-state index contributed by atoms with van der Waals surface area (Å²) >= 11 is 0. The van der Waals surface area contributed by atoms with Gasteiger partial charge in [0.15, 0.2) is 0 Å². The predicted molar refractivity (Wildman–Crippen MR) is 106 cm³/mol. The number of ether oxygens (including phenoxy) is 1. The van der Waals surface area contributed by atoms with Crippen LogP contribution in [0.25, 0.3) is 0 Å². The lowest BCUT2D eigenvalue weighted by atomic mass is 9.47. The van der Waals surface area contributed by atoms with Gasteiger partial charge >= 0.3 is 5.97 Å². The van der Waals surface area contributed by atoms with Crippen molar-refractivity contribution in [1.29, 1.82) is 0 Å². The Bertz CT molecular complexity index is 652. The van der Waals surface area contributed by atoms with Crippen LogP contribution in [0.3, 0.4) is 0 Å². The number of hydrogen-bond donors (Lipinski definition) is 0. The molecule has 0 bridgehead atoms. The fourth-order valence-electron chi connectivity index (χ4n) is 7.81. The first-order valence-electron chi connectivity index (χ1n) is 11.1. The minimum Gasteiger partial charge on any atom is -0.463 e. The molecule has 0 saturated heterocycles. The number of esters is 1. The molecule has 3 saturated carbocycles. The maximum Gasteiger partial charge on any atom is 0.302 e. The first kappa shape index (κ1) is 19.2. The molecule has 0 aromatic heterocycles. The molecule has 8 atom stereocenters. The van der Waals surface area contributed by atoms with Crippen LogP contribution in [0, 0.1) is 40.4 Å². The van der Waals surface area contributed by atoms with Gasteiger partial charge in [-0.3, -0.25) is 4.79 Å². The van der Waals surface area contributed by atoms with E-state index in [1.165, 1.54) is 45.3 Å². The van der Waals surface area contributed by atoms with Crippen molar-refractivity contribution in [3.63, 3.8) is 0 Å². The highest BCUT2D eigenvalue weighted by Crippen LogP contribution is 2.66. The molecule has 27 heavy (non-hydrogen) atoms. The van der Waals surface area contributed by atoms with Crippen molar-refractivity contribution >= 4 is 12.3 Å². The molecule has 3 nitrogen and oxygen atoms in total. The molecule has 4 rings (SSSR count). The third kappa shape index (κ3) is 2.91.